The summed E-state index contributed by atoms with van der Waals surface area (Å²) < 4.78 is 7.86. The average molecular weight is 349 g/mol. The SMILES string of the molecule is CCOc1ccccc1NC(=O)N1CCc2c(c3ccccc3n2C)C1. The standard InChI is InChI=1S/C21H23N3O2/c1-3-26-20-11-7-5-9-17(20)22-21(25)24-13-12-19-16(14-24)15-8-4-6-10-18(15)23(19)2/h4-11H,3,12-14H2,1-2H3,(H,22,25). The normalized spacial score (nSPS) is 13.5. The minimum atomic E-state index is -0.0873. The molecule has 0 aliphatic carbocycles. The van der Waals surface area contributed by atoms with Gasteiger partial charge in [-0.2, -0.15) is 0 Å². The smallest absolute Gasteiger partial charge is 0.322 e. The second-order valence-corrected chi connectivity index (χ2v) is 6.53. The van der Waals surface area contributed by atoms with Crippen LogP contribution in [0.2, 0.25) is 0 Å². The van der Waals surface area contributed by atoms with Crippen molar-refractivity contribution in [3.8, 4) is 5.75 Å². The van der Waals surface area contributed by atoms with Crippen LogP contribution in [-0.2, 0) is 20.0 Å². The van der Waals surface area contributed by atoms with Crippen molar-refractivity contribution in [3.05, 3.63) is 59.8 Å². The van der Waals surface area contributed by atoms with E-state index in [2.05, 4.69) is 41.2 Å². The van der Waals surface area contributed by atoms with E-state index in [0.29, 0.717) is 31.1 Å². The van der Waals surface area contributed by atoms with E-state index in [4.69, 9.17) is 4.74 Å². The summed E-state index contributed by atoms with van der Waals surface area (Å²) in [6.07, 6.45) is 0.862. The number of nitrogens with one attached hydrogen (secondary N) is 1. The molecule has 3 aromatic rings. The fourth-order valence-electron chi connectivity index (χ4n) is 3.75. The van der Waals surface area contributed by atoms with Crippen molar-refractivity contribution < 1.29 is 9.53 Å². The van der Waals surface area contributed by atoms with Crippen LogP contribution in [0.3, 0.4) is 0 Å². The van der Waals surface area contributed by atoms with Gasteiger partial charge in [0.1, 0.15) is 5.75 Å². The Balaban J connectivity index is 1.58. The van der Waals surface area contributed by atoms with Crippen molar-refractivity contribution >= 4 is 22.6 Å². The number of hydrogen-bond acceptors (Lipinski definition) is 2. The van der Waals surface area contributed by atoms with Gasteiger partial charge in [0.05, 0.1) is 12.3 Å². The van der Waals surface area contributed by atoms with Crippen molar-refractivity contribution in [2.75, 3.05) is 18.5 Å². The molecule has 5 nitrogen and oxygen atoms in total. The molecule has 0 saturated carbocycles. The van der Waals surface area contributed by atoms with E-state index in [-0.39, 0.29) is 6.03 Å². The van der Waals surface area contributed by atoms with Crippen LogP contribution in [0.4, 0.5) is 10.5 Å². The monoisotopic (exact) mass is 349 g/mol. The number of anilines is 1. The lowest BCUT2D eigenvalue weighted by molar-refractivity contribution is 0.206. The number of hydrogen-bond donors (Lipinski definition) is 1. The van der Waals surface area contributed by atoms with Crippen LogP contribution in [0.5, 0.6) is 5.75 Å². The molecule has 0 bridgehead atoms. The van der Waals surface area contributed by atoms with Gasteiger partial charge in [-0.1, -0.05) is 30.3 Å². The summed E-state index contributed by atoms with van der Waals surface area (Å²) in [6, 6.07) is 15.9. The summed E-state index contributed by atoms with van der Waals surface area (Å²) in [5.41, 5.74) is 4.51. The van der Waals surface area contributed by atoms with E-state index in [9.17, 15) is 4.79 Å². The molecule has 26 heavy (non-hydrogen) atoms. The third kappa shape index (κ3) is 2.79. The Kier molecular flexibility index (Phi) is 4.29. The fraction of sp³-hybridized carbons (Fsp3) is 0.286. The second kappa shape index (κ2) is 6.75. The van der Waals surface area contributed by atoms with E-state index in [1.807, 2.05) is 36.1 Å². The minimum Gasteiger partial charge on any atom is -0.492 e. The van der Waals surface area contributed by atoms with Gasteiger partial charge in [0.2, 0.25) is 0 Å². The van der Waals surface area contributed by atoms with Crippen molar-refractivity contribution in [3.63, 3.8) is 0 Å². The van der Waals surface area contributed by atoms with Gasteiger partial charge in [0.15, 0.2) is 0 Å². The number of nitrogens with zero attached hydrogens (tertiary/aromatic N) is 2. The summed E-state index contributed by atoms with van der Waals surface area (Å²) >= 11 is 0. The summed E-state index contributed by atoms with van der Waals surface area (Å²) in [6.45, 7) is 3.83. The molecule has 0 spiro atoms. The molecule has 2 heterocycles. The summed E-state index contributed by atoms with van der Waals surface area (Å²) in [5.74, 6) is 0.700. The molecule has 0 fully saturated rings. The van der Waals surface area contributed by atoms with Crippen molar-refractivity contribution in [1.82, 2.24) is 9.47 Å². The van der Waals surface area contributed by atoms with Crippen LogP contribution in [0.1, 0.15) is 18.2 Å². The Morgan fingerprint density at radius 1 is 1.15 bits per heavy atom. The van der Waals surface area contributed by atoms with Crippen LogP contribution in [-0.4, -0.2) is 28.6 Å². The van der Waals surface area contributed by atoms with Gasteiger partial charge in [-0.25, -0.2) is 4.79 Å². The minimum absolute atomic E-state index is 0.0873. The highest BCUT2D eigenvalue weighted by atomic mass is 16.5. The molecule has 0 atom stereocenters. The average Bonchev–Trinajstić information content (AvgIpc) is 2.96. The number of benzene rings is 2. The number of amides is 2. The number of carbonyl (C=O) groups is 1. The van der Waals surface area contributed by atoms with Crippen LogP contribution < -0.4 is 10.1 Å². The van der Waals surface area contributed by atoms with Gasteiger partial charge in [-0.15, -0.1) is 0 Å². The molecule has 0 unspecified atom stereocenters. The third-order valence-electron chi connectivity index (χ3n) is 5.03. The predicted octanol–water partition coefficient (Wildman–Crippen LogP) is 4.17. The van der Waals surface area contributed by atoms with Crippen LogP contribution in [0.25, 0.3) is 10.9 Å². The molecule has 2 amide bonds. The number of aromatic nitrogens is 1. The predicted molar refractivity (Wildman–Crippen MR) is 104 cm³/mol. The Hall–Kier alpha value is -2.95. The molecule has 1 aliphatic heterocycles. The van der Waals surface area contributed by atoms with E-state index in [1.165, 1.54) is 22.2 Å². The first-order valence-corrected chi connectivity index (χ1v) is 9.02. The lowest BCUT2D eigenvalue weighted by Gasteiger charge is -2.28. The highest BCUT2D eigenvalue weighted by Crippen LogP contribution is 2.31. The third-order valence-corrected chi connectivity index (χ3v) is 5.03. The quantitative estimate of drug-likeness (QED) is 0.771. The maximum Gasteiger partial charge on any atom is 0.322 e. The van der Waals surface area contributed by atoms with Crippen molar-refractivity contribution in [1.29, 1.82) is 0 Å². The number of ether oxygens (including phenoxy) is 1. The van der Waals surface area contributed by atoms with E-state index < -0.39 is 0 Å². The zero-order valence-corrected chi connectivity index (χ0v) is 15.2. The topological polar surface area (TPSA) is 46.5 Å². The Morgan fingerprint density at radius 2 is 1.92 bits per heavy atom. The number of urea groups is 1. The van der Waals surface area contributed by atoms with Gasteiger partial charge < -0.3 is 19.5 Å². The maximum atomic E-state index is 12.8. The van der Waals surface area contributed by atoms with Gasteiger partial charge in [-0.3, -0.25) is 0 Å². The van der Waals surface area contributed by atoms with Crippen molar-refractivity contribution in [2.24, 2.45) is 7.05 Å². The zero-order chi connectivity index (χ0) is 18.1. The summed E-state index contributed by atoms with van der Waals surface area (Å²) in [4.78, 5) is 14.7. The molecule has 2 aromatic carbocycles. The van der Waals surface area contributed by atoms with E-state index in [1.54, 1.807) is 0 Å². The van der Waals surface area contributed by atoms with Crippen LogP contribution >= 0.6 is 0 Å². The van der Waals surface area contributed by atoms with E-state index in [0.717, 1.165) is 6.42 Å². The molecule has 1 aliphatic rings. The Bertz CT molecular complexity index is 961. The van der Waals surface area contributed by atoms with Gasteiger partial charge >= 0.3 is 6.03 Å². The first kappa shape index (κ1) is 16.5. The largest absolute Gasteiger partial charge is 0.492 e. The molecule has 1 N–H and O–H groups in total. The van der Waals surface area contributed by atoms with Gasteiger partial charge in [0.25, 0.3) is 0 Å². The molecule has 0 saturated heterocycles. The molecule has 1 aromatic heterocycles. The first-order valence-electron chi connectivity index (χ1n) is 9.02. The molecule has 0 radical (unpaired) electrons. The van der Waals surface area contributed by atoms with Gasteiger partial charge in [0, 0.05) is 48.7 Å². The van der Waals surface area contributed by atoms with Crippen LogP contribution in [0.15, 0.2) is 48.5 Å². The number of aryl methyl sites for hydroxylation is 1. The highest BCUT2D eigenvalue weighted by Gasteiger charge is 2.25. The molecular formula is C21H23N3O2. The first-order chi connectivity index (χ1) is 12.7. The van der Waals surface area contributed by atoms with Crippen molar-refractivity contribution in [2.45, 2.75) is 19.9 Å². The molecule has 5 heteroatoms. The number of carbonyl (C=O) groups excluding carboxylic acids is 1. The van der Waals surface area contributed by atoms with E-state index >= 15 is 0 Å². The Morgan fingerprint density at radius 3 is 2.77 bits per heavy atom. The summed E-state index contributed by atoms with van der Waals surface area (Å²) in [7, 11) is 2.11. The Labute approximate surface area is 153 Å². The zero-order valence-electron chi connectivity index (χ0n) is 15.2. The highest BCUT2D eigenvalue weighted by molar-refractivity contribution is 5.92. The molecular weight excluding hydrogens is 326 g/mol. The lowest BCUT2D eigenvalue weighted by atomic mass is 10.0. The van der Waals surface area contributed by atoms with Gasteiger partial charge in [-0.05, 0) is 25.1 Å². The second-order valence-electron chi connectivity index (χ2n) is 6.53. The maximum absolute atomic E-state index is 12.8. The number of fused-ring (bicyclic) bond motifs is 3. The molecule has 4 rings (SSSR count). The fourth-order valence-corrected chi connectivity index (χ4v) is 3.75. The summed E-state index contributed by atoms with van der Waals surface area (Å²) in [5, 5.41) is 4.24. The number of rotatable bonds is 3. The van der Waals surface area contributed by atoms with Crippen LogP contribution in [0, 0.1) is 0 Å². The lowest BCUT2D eigenvalue weighted by Crippen LogP contribution is -2.39. The number of para-hydroxylation sites is 3. The molecule has 134 valence electrons.